The van der Waals surface area contributed by atoms with E-state index in [4.69, 9.17) is 0 Å². The van der Waals surface area contributed by atoms with Crippen molar-refractivity contribution in [2.24, 2.45) is 0 Å². The zero-order valence-corrected chi connectivity index (χ0v) is 15.3. The van der Waals surface area contributed by atoms with E-state index in [1.807, 2.05) is 4.90 Å². The molecule has 4 rings (SSSR count). The van der Waals surface area contributed by atoms with E-state index in [0.717, 1.165) is 25.2 Å². The Bertz CT molecular complexity index is 973. The molecule has 0 spiro atoms. The normalized spacial score (nSPS) is 14.0. The molecule has 148 valence electrons. The summed E-state index contributed by atoms with van der Waals surface area (Å²) in [6, 6.07) is 5.12. The summed E-state index contributed by atoms with van der Waals surface area (Å²) in [5.74, 6) is -1.15. The van der Waals surface area contributed by atoms with Crippen LogP contribution in [0, 0.1) is 11.6 Å². The van der Waals surface area contributed by atoms with E-state index >= 15 is 0 Å². The molecule has 0 unspecified atom stereocenters. The van der Waals surface area contributed by atoms with Crippen LogP contribution >= 0.6 is 0 Å². The quantitative estimate of drug-likeness (QED) is 0.722. The Morgan fingerprint density at radius 1 is 0.862 bits per heavy atom. The number of benzene rings is 1. The van der Waals surface area contributed by atoms with Crippen LogP contribution in [0.3, 0.4) is 0 Å². The Balaban J connectivity index is 1.39. The van der Waals surface area contributed by atoms with Crippen LogP contribution in [0.15, 0.2) is 49.1 Å². The molecule has 1 aromatic carbocycles. The van der Waals surface area contributed by atoms with Crippen LogP contribution < -0.4 is 15.1 Å². The van der Waals surface area contributed by atoms with Gasteiger partial charge in [0.1, 0.15) is 28.8 Å². The van der Waals surface area contributed by atoms with Gasteiger partial charge in [-0.05, 0) is 18.2 Å². The molecule has 1 aliphatic heterocycles. The molecular formula is C19H17F2N7O. The number of nitrogens with zero attached hydrogens (tertiary/aromatic N) is 6. The molecule has 0 radical (unpaired) electrons. The second-order valence-electron chi connectivity index (χ2n) is 6.33. The Hall–Kier alpha value is -3.69. The summed E-state index contributed by atoms with van der Waals surface area (Å²) in [5, 5.41) is 2.19. The second kappa shape index (κ2) is 8.13. The molecular weight excluding hydrogens is 380 g/mol. The van der Waals surface area contributed by atoms with E-state index < -0.39 is 23.2 Å². The topological polar surface area (TPSA) is 87.1 Å². The largest absolute Gasteiger partial charge is 0.352 e. The number of nitrogens with one attached hydrogen (secondary N) is 1. The summed E-state index contributed by atoms with van der Waals surface area (Å²) in [6.45, 7) is 2.83. The van der Waals surface area contributed by atoms with Crippen molar-refractivity contribution in [3.63, 3.8) is 0 Å². The third kappa shape index (κ3) is 4.10. The number of para-hydroxylation sites is 1. The number of carbonyl (C=O) groups is 1. The highest BCUT2D eigenvalue weighted by atomic mass is 19.1. The zero-order valence-electron chi connectivity index (χ0n) is 15.3. The van der Waals surface area contributed by atoms with Gasteiger partial charge < -0.3 is 15.1 Å². The van der Waals surface area contributed by atoms with Crippen molar-refractivity contribution in [1.29, 1.82) is 0 Å². The first-order valence-electron chi connectivity index (χ1n) is 8.96. The van der Waals surface area contributed by atoms with Gasteiger partial charge in [-0.3, -0.25) is 4.79 Å². The SMILES string of the molecule is O=C(Nc1c(F)cccc1F)c1cnc(N2CCN(c3ncccn3)CC2)cn1. The number of hydrogen-bond acceptors (Lipinski definition) is 7. The van der Waals surface area contributed by atoms with E-state index in [1.165, 1.54) is 18.5 Å². The molecule has 1 aliphatic rings. The van der Waals surface area contributed by atoms with Crippen LogP contribution in [-0.4, -0.2) is 52.0 Å². The molecule has 3 heterocycles. The maximum Gasteiger partial charge on any atom is 0.276 e. The number of amides is 1. The van der Waals surface area contributed by atoms with Crippen LogP contribution in [-0.2, 0) is 0 Å². The summed E-state index contributed by atoms with van der Waals surface area (Å²) in [6.07, 6.45) is 6.17. The smallest absolute Gasteiger partial charge is 0.276 e. The lowest BCUT2D eigenvalue weighted by molar-refractivity contribution is 0.102. The fourth-order valence-corrected chi connectivity index (χ4v) is 2.99. The number of hydrogen-bond donors (Lipinski definition) is 1. The number of anilines is 3. The van der Waals surface area contributed by atoms with Gasteiger partial charge >= 0.3 is 0 Å². The highest BCUT2D eigenvalue weighted by Gasteiger charge is 2.21. The predicted molar refractivity (Wildman–Crippen MR) is 103 cm³/mol. The minimum absolute atomic E-state index is 0.0345. The lowest BCUT2D eigenvalue weighted by Gasteiger charge is -2.35. The van der Waals surface area contributed by atoms with Crippen LogP contribution in [0.1, 0.15) is 10.5 Å². The zero-order chi connectivity index (χ0) is 20.2. The van der Waals surface area contributed by atoms with Gasteiger partial charge in [0.05, 0.1) is 12.4 Å². The fraction of sp³-hybridized carbons (Fsp3) is 0.211. The van der Waals surface area contributed by atoms with Gasteiger partial charge in [-0.15, -0.1) is 0 Å². The first-order chi connectivity index (χ1) is 14.1. The van der Waals surface area contributed by atoms with Gasteiger partial charge in [-0.2, -0.15) is 0 Å². The van der Waals surface area contributed by atoms with Crippen LogP contribution in [0.2, 0.25) is 0 Å². The first kappa shape index (κ1) is 18.7. The van der Waals surface area contributed by atoms with Crippen molar-refractivity contribution in [1.82, 2.24) is 19.9 Å². The van der Waals surface area contributed by atoms with Crippen molar-refractivity contribution in [2.75, 3.05) is 41.3 Å². The molecule has 3 aromatic rings. The van der Waals surface area contributed by atoms with Gasteiger partial charge in [-0.1, -0.05) is 6.07 Å². The molecule has 29 heavy (non-hydrogen) atoms. The van der Waals surface area contributed by atoms with Gasteiger partial charge in [0, 0.05) is 38.6 Å². The van der Waals surface area contributed by atoms with E-state index in [1.54, 1.807) is 18.5 Å². The van der Waals surface area contributed by atoms with Gasteiger partial charge in [0.25, 0.3) is 5.91 Å². The molecule has 0 aliphatic carbocycles. The molecule has 1 amide bonds. The van der Waals surface area contributed by atoms with Gasteiger partial charge in [0.2, 0.25) is 5.95 Å². The van der Waals surface area contributed by atoms with E-state index in [0.29, 0.717) is 24.9 Å². The number of carbonyl (C=O) groups excluding carboxylic acids is 1. The van der Waals surface area contributed by atoms with E-state index in [2.05, 4.69) is 30.2 Å². The van der Waals surface area contributed by atoms with Gasteiger partial charge in [0.15, 0.2) is 0 Å². The minimum atomic E-state index is -0.858. The molecule has 8 nitrogen and oxygen atoms in total. The maximum absolute atomic E-state index is 13.7. The molecule has 1 N–H and O–H groups in total. The number of aromatic nitrogens is 4. The third-order valence-corrected chi connectivity index (χ3v) is 4.51. The van der Waals surface area contributed by atoms with Crippen molar-refractivity contribution in [2.45, 2.75) is 0 Å². The van der Waals surface area contributed by atoms with E-state index in [-0.39, 0.29) is 5.69 Å². The highest BCUT2D eigenvalue weighted by Crippen LogP contribution is 2.19. The molecule has 1 fully saturated rings. The Morgan fingerprint density at radius 3 is 2.14 bits per heavy atom. The van der Waals surface area contributed by atoms with Crippen molar-refractivity contribution in [3.05, 3.63) is 66.4 Å². The number of rotatable bonds is 4. The fourth-order valence-electron chi connectivity index (χ4n) is 2.99. The average Bonchev–Trinajstić information content (AvgIpc) is 2.77. The van der Waals surface area contributed by atoms with Crippen LogP contribution in [0.25, 0.3) is 0 Å². The first-order valence-corrected chi connectivity index (χ1v) is 8.96. The summed E-state index contributed by atoms with van der Waals surface area (Å²) >= 11 is 0. The third-order valence-electron chi connectivity index (χ3n) is 4.51. The highest BCUT2D eigenvalue weighted by molar-refractivity contribution is 6.02. The maximum atomic E-state index is 13.7. The van der Waals surface area contributed by atoms with Crippen molar-refractivity contribution in [3.8, 4) is 0 Å². The lowest BCUT2D eigenvalue weighted by atomic mass is 10.2. The summed E-state index contributed by atoms with van der Waals surface area (Å²) < 4.78 is 27.4. The predicted octanol–water partition coefficient (Wildman–Crippen LogP) is 2.12. The second-order valence-corrected chi connectivity index (χ2v) is 6.33. The minimum Gasteiger partial charge on any atom is -0.352 e. The Morgan fingerprint density at radius 2 is 1.52 bits per heavy atom. The molecule has 1 saturated heterocycles. The van der Waals surface area contributed by atoms with Crippen LogP contribution in [0.5, 0.6) is 0 Å². The average molecular weight is 397 g/mol. The molecule has 0 atom stereocenters. The van der Waals surface area contributed by atoms with Crippen molar-refractivity contribution < 1.29 is 13.6 Å². The standard InChI is InChI=1S/C19H17F2N7O/c20-13-3-1-4-14(21)17(13)26-18(29)15-11-25-16(12-24-15)27-7-9-28(10-8-27)19-22-5-2-6-23-19/h1-6,11-12H,7-10H2,(H,26,29). The Kier molecular flexibility index (Phi) is 5.23. The number of piperazine rings is 1. The summed E-state index contributed by atoms with van der Waals surface area (Å²) in [4.78, 5) is 33.2. The molecule has 10 heteroatoms. The molecule has 2 aromatic heterocycles. The Labute approximate surface area is 165 Å². The summed E-state index contributed by atoms with van der Waals surface area (Å²) in [7, 11) is 0. The van der Waals surface area contributed by atoms with E-state index in [9.17, 15) is 13.6 Å². The summed E-state index contributed by atoms with van der Waals surface area (Å²) in [5.41, 5.74) is -0.546. The molecule has 0 bridgehead atoms. The number of halogens is 2. The lowest BCUT2D eigenvalue weighted by Crippen LogP contribution is -2.47. The van der Waals surface area contributed by atoms with Crippen molar-refractivity contribution >= 4 is 23.4 Å². The van der Waals surface area contributed by atoms with Gasteiger partial charge in [-0.25, -0.2) is 28.7 Å². The van der Waals surface area contributed by atoms with Crippen LogP contribution in [0.4, 0.5) is 26.2 Å². The monoisotopic (exact) mass is 397 g/mol. The molecule has 0 saturated carbocycles.